The normalized spacial score (nSPS) is 11.4. The molecule has 3 heterocycles. The molecule has 0 aliphatic rings. The summed E-state index contributed by atoms with van der Waals surface area (Å²) in [5.74, 6) is 0.693. The Morgan fingerprint density at radius 3 is 1.83 bits per heavy atom. The number of aromatic nitrogens is 4. The van der Waals surface area contributed by atoms with E-state index in [4.69, 9.17) is 15.0 Å². The van der Waals surface area contributed by atoms with Crippen molar-refractivity contribution < 1.29 is 0 Å². The van der Waals surface area contributed by atoms with Crippen molar-refractivity contribution in [1.82, 2.24) is 19.4 Å². The molecule has 164 valence electrons. The number of nitrogens with zero attached hydrogens (tertiary/aromatic N) is 4. The van der Waals surface area contributed by atoms with E-state index in [1.54, 1.807) is 0 Å². The molecule has 0 unspecified atom stereocenters. The second-order valence-electron chi connectivity index (χ2n) is 8.55. The van der Waals surface area contributed by atoms with Gasteiger partial charge in [-0.25, -0.2) is 15.0 Å². The van der Waals surface area contributed by atoms with Gasteiger partial charge < -0.3 is 0 Å². The van der Waals surface area contributed by atoms with Crippen LogP contribution in [0.15, 0.2) is 121 Å². The van der Waals surface area contributed by atoms with Crippen LogP contribution in [0, 0.1) is 0 Å². The zero-order valence-electron chi connectivity index (χ0n) is 18.8. The average molecular weight is 449 g/mol. The molecule has 0 aliphatic carbocycles. The number of benzene rings is 4. The third kappa shape index (κ3) is 3.19. The number of hydrogen-bond donors (Lipinski definition) is 0. The van der Waals surface area contributed by atoms with Gasteiger partial charge in [0.2, 0.25) is 0 Å². The van der Waals surface area contributed by atoms with Gasteiger partial charge in [0.25, 0.3) is 0 Å². The Morgan fingerprint density at radius 1 is 0.514 bits per heavy atom. The van der Waals surface area contributed by atoms with Crippen molar-refractivity contribution in [2.45, 2.75) is 0 Å². The molecular weight excluding hydrogens is 428 g/mol. The standard InChI is InChI=1S/C31H20N4/c1-4-12-21(13-5-1)27-20-24-28(22-14-6-2-7-15-22)33-30(23-16-8-3-9-17-23)34-29(24)31-32-25-18-10-11-19-26(25)35(27)31/h1-20H. The Morgan fingerprint density at radius 2 is 1.11 bits per heavy atom. The monoisotopic (exact) mass is 448 g/mol. The van der Waals surface area contributed by atoms with Gasteiger partial charge in [-0.2, -0.15) is 0 Å². The van der Waals surface area contributed by atoms with Crippen molar-refractivity contribution >= 4 is 27.6 Å². The molecule has 0 amide bonds. The summed E-state index contributed by atoms with van der Waals surface area (Å²) in [6.07, 6.45) is 0. The molecule has 0 saturated carbocycles. The predicted molar refractivity (Wildman–Crippen MR) is 142 cm³/mol. The fourth-order valence-corrected chi connectivity index (χ4v) is 4.76. The van der Waals surface area contributed by atoms with Crippen LogP contribution in [-0.2, 0) is 0 Å². The second-order valence-corrected chi connectivity index (χ2v) is 8.55. The van der Waals surface area contributed by atoms with E-state index in [-0.39, 0.29) is 0 Å². The van der Waals surface area contributed by atoms with Crippen LogP contribution in [0.3, 0.4) is 0 Å². The maximum atomic E-state index is 5.10. The van der Waals surface area contributed by atoms with Gasteiger partial charge in [0.1, 0.15) is 5.52 Å². The molecule has 0 spiro atoms. The van der Waals surface area contributed by atoms with Crippen LogP contribution in [0.1, 0.15) is 0 Å². The summed E-state index contributed by atoms with van der Waals surface area (Å²) >= 11 is 0. The van der Waals surface area contributed by atoms with E-state index in [1.807, 2.05) is 60.7 Å². The van der Waals surface area contributed by atoms with Crippen LogP contribution in [0.4, 0.5) is 0 Å². The molecule has 0 fully saturated rings. The Bertz CT molecular complexity index is 1820. The summed E-state index contributed by atoms with van der Waals surface area (Å²) in [5, 5.41) is 0.984. The Hall–Kier alpha value is -4.83. The highest BCUT2D eigenvalue weighted by Gasteiger charge is 2.19. The molecule has 0 radical (unpaired) electrons. The number of rotatable bonds is 3. The quantitative estimate of drug-likeness (QED) is 0.282. The van der Waals surface area contributed by atoms with Gasteiger partial charge in [0, 0.05) is 16.5 Å². The molecule has 35 heavy (non-hydrogen) atoms. The highest BCUT2D eigenvalue weighted by molar-refractivity contribution is 6.05. The van der Waals surface area contributed by atoms with Gasteiger partial charge in [-0.3, -0.25) is 4.40 Å². The fraction of sp³-hybridized carbons (Fsp3) is 0. The number of imidazole rings is 1. The zero-order chi connectivity index (χ0) is 23.2. The summed E-state index contributed by atoms with van der Waals surface area (Å²) in [4.78, 5) is 15.3. The van der Waals surface area contributed by atoms with E-state index >= 15 is 0 Å². The molecule has 7 rings (SSSR count). The lowest BCUT2D eigenvalue weighted by Crippen LogP contribution is -2.00. The fourth-order valence-electron chi connectivity index (χ4n) is 4.76. The molecule has 4 aromatic carbocycles. The van der Waals surface area contributed by atoms with Crippen molar-refractivity contribution in [3.8, 4) is 33.9 Å². The van der Waals surface area contributed by atoms with Gasteiger partial charge in [-0.15, -0.1) is 0 Å². The molecule has 0 bridgehead atoms. The van der Waals surface area contributed by atoms with Gasteiger partial charge in [-0.05, 0) is 23.8 Å². The van der Waals surface area contributed by atoms with Gasteiger partial charge in [0.15, 0.2) is 11.5 Å². The first-order chi connectivity index (χ1) is 17.4. The first-order valence-electron chi connectivity index (χ1n) is 11.6. The lowest BCUT2D eigenvalue weighted by atomic mass is 10.0. The number of hydrogen-bond acceptors (Lipinski definition) is 3. The van der Waals surface area contributed by atoms with Crippen molar-refractivity contribution in [1.29, 1.82) is 0 Å². The summed E-state index contributed by atoms with van der Waals surface area (Å²) < 4.78 is 2.23. The summed E-state index contributed by atoms with van der Waals surface area (Å²) in [7, 11) is 0. The van der Waals surface area contributed by atoms with Crippen molar-refractivity contribution in [2.24, 2.45) is 0 Å². The lowest BCUT2D eigenvalue weighted by molar-refractivity contribution is 1.19. The number of para-hydroxylation sites is 2. The first kappa shape index (κ1) is 19.6. The van der Waals surface area contributed by atoms with Crippen molar-refractivity contribution in [3.63, 3.8) is 0 Å². The minimum Gasteiger partial charge on any atom is -0.290 e. The highest BCUT2D eigenvalue weighted by Crippen LogP contribution is 2.36. The predicted octanol–water partition coefficient (Wildman–Crippen LogP) is 7.43. The molecule has 4 nitrogen and oxygen atoms in total. The smallest absolute Gasteiger partial charge is 0.165 e. The number of pyridine rings is 1. The largest absolute Gasteiger partial charge is 0.290 e. The Balaban J connectivity index is 1.69. The summed E-state index contributed by atoms with van der Waals surface area (Å²) in [5.41, 5.74) is 8.80. The second kappa shape index (κ2) is 7.89. The Kier molecular flexibility index (Phi) is 4.42. The van der Waals surface area contributed by atoms with E-state index in [2.05, 4.69) is 65.1 Å². The van der Waals surface area contributed by atoms with Gasteiger partial charge in [0.05, 0.1) is 22.4 Å². The molecule has 4 heteroatoms. The molecule has 0 N–H and O–H groups in total. The minimum atomic E-state index is 0.693. The third-order valence-electron chi connectivity index (χ3n) is 6.39. The van der Waals surface area contributed by atoms with E-state index in [1.165, 1.54) is 0 Å². The van der Waals surface area contributed by atoms with Crippen LogP contribution in [0.5, 0.6) is 0 Å². The molecule has 7 aromatic rings. The van der Waals surface area contributed by atoms with E-state index in [0.717, 1.165) is 55.7 Å². The maximum Gasteiger partial charge on any atom is 0.165 e. The number of fused-ring (bicyclic) bond motifs is 5. The molecular formula is C31H20N4. The molecule has 3 aromatic heterocycles. The average Bonchev–Trinajstić information content (AvgIpc) is 3.34. The van der Waals surface area contributed by atoms with E-state index < -0.39 is 0 Å². The molecule has 0 saturated heterocycles. The first-order valence-corrected chi connectivity index (χ1v) is 11.6. The highest BCUT2D eigenvalue weighted by atomic mass is 15.0. The van der Waals surface area contributed by atoms with Crippen molar-refractivity contribution in [2.75, 3.05) is 0 Å². The van der Waals surface area contributed by atoms with Crippen LogP contribution in [0.2, 0.25) is 0 Å². The van der Waals surface area contributed by atoms with Crippen LogP contribution in [-0.4, -0.2) is 19.4 Å². The van der Waals surface area contributed by atoms with Gasteiger partial charge >= 0.3 is 0 Å². The van der Waals surface area contributed by atoms with Crippen LogP contribution < -0.4 is 0 Å². The van der Waals surface area contributed by atoms with E-state index in [9.17, 15) is 0 Å². The minimum absolute atomic E-state index is 0.693. The van der Waals surface area contributed by atoms with E-state index in [0.29, 0.717) is 5.82 Å². The summed E-state index contributed by atoms with van der Waals surface area (Å²) in [6.45, 7) is 0. The SMILES string of the molecule is c1ccc(-c2nc(-c3ccccc3)c3cc(-c4ccccc4)n4c5ccccc5nc4c3n2)cc1. The topological polar surface area (TPSA) is 43.1 Å². The van der Waals surface area contributed by atoms with Crippen molar-refractivity contribution in [3.05, 3.63) is 121 Å². The zero-order valence-corrected chi connectivity index (χ0v) is 18.8. The lowest BCUT2D eigenvalue weighted by Gasteiger charge is -2.14. The Labute approximate surface area is 202 Å². The maximum absolute atomic E-state index is 5.10. The third-order valence-corrected chi connectivity index (χ3v) is 6.39. The van der Waals surface area contributed by atoms with Crippen LogP contribution in [0.25, 0.3) is 61.5 Å². The van der Waals surface area contributed by atoms with Crippen LogP contribution >= 0.6 is 0 Å². The molecule has 0 atom stereocenters. The summed E-state index contributed by atoms with van der Waals surface area (Å²) in [6, 6.07) is 41.4. The molecule has 0 aliphatic heterocycles. The van der Waals surface area contributed by atoms with Gasteiger partial charge in [-0.1, -0.05) is 103 Å².